The third kappa shape index (κ3) is 5.67. The summed E-state index contributed by atoms with van der Waals surface area (Å²) in [4.78, 5) is 10.4. The Balaban J connectivity index is 3.63. The summed E-state index contributed by atoms with van der Waals surface area (Å²) in [7, 11) is 0. The zero-order chi connectivity index (χ0) is 10.2. The molecule has 0 aliphatic rings. The maximum absolute atomic E-state index is 10.4. The Morgan fingerprint density at radius 2 is 1.92 bits per heavy atom. The maximum atomic E-state index is 10.4. The lowest BCUT2D eigenvalue weighted by Crippen LogP contribution is -2.40. The second-order valence-electron chi connectivity index (χ2n) is 3.99. The molecule has 1 N–H and O–H groups in total. The van der Waals surface area contributed by atoms with Crippen LogP contribution in [0.5, 0.6) is 0 Å². The van der Waals surface area contributed by atoms with Crippen LogP contribution in [0.2, 0.25) is 0 Å². The van der Waals surface area contributed by atoms with Crippen LogP contribution in [0, 0.1) is 0 Å². The second kappa shape index (κ2) is 6.93. The van der Waals surface area contributed by atoms with Crippen LogP contribution in [0.15, 0.2) is 0 Å². The molecule has 2 nitrogen and oxygen atoms in total. The first-order valence-corrected chi connectivity index (χ1v) is 5.40. The van der Waals surface area contributed by atoms with E-state index in [0.717, 1.165) is 19.3 Å². The fraction of sp³-hybridized carbons (Fsp3) is 0.909. The van der Waals surface area contributed by atoms with Crippen molar-refractivity contribution in [2.45, 2.75) is 64.8 Å². The topological polar surface area (TPSA) is 29.1 Å². The van der Waals surface area contributed by atoms with Gasteiger partial charge < -0.3 is 5.32 Å². The number of hydrogen-bond donors (Lipinski definition) is 1. The predicted octanol–water partition coefficient (Wildman–Crippen LogP) is 2.87. The first-order valence-electron chi connectivity index (χ1n) is 5.40. The highest BCUT2D eigenvalue weighted by molar-refractivity contribution is 5.47. The van der Waals surface area contributed by atoms with Crippen molar-refractivity contribution in [3.8, 4) is 0 Å². The Bertz CT molecular complexity index is 136. The molecule has 0 aliphatic carbocycles. The van der Waals surface area contributed by atoms with Crippen molar-refractivity contribution in [1.29, 1.82) is 0 Å². The van der Waals surface area contributed by atoms with Crippen molar-refractivity contribution >= 4 is 6.41 Å². The van der Waals surface area contributed by atoms with Crippen LogP contribution in [-0.4, -0.2) is 11.9 Å². The molecule has 0 fully saturated rings. The standard InChI is InChI=1S/C11H23NO/c1-4-6-7-8-9-11(3,5-2)12-10-13/h10H,4-9H2,1-3H3,(H,12,13). The fourth-order valence-electron chi connectivity index (χ4n) is 1.44. The molecule has 0 spiro atoms. The highest BCUT2D eigenvalue weighted by Crippen LogP contribution is 2.18. The molecule has 1 atom stereocenters. The quantitative estimate of drug-likeness (QED) is 0.457. The Morgan fingerprint density at radius 3 is 2.38 bits per heavy atom. The van der Waals surface area contributed by atoms with E-state index in [2.05, 4.69) is 26.1 Å². The van der Waals surface area contributed by atoms with Crippen LogP contribution < -0.4 is 5.32 Å². The van der Waals surface area contributed by atoms with Gasteiger partial charge in [-0.25, -0.2) is 0 Å². The first-order chi connectivity index (χ1) is 6.18. The molecular formula is C11H23NO. The van der Waals surface area contributed by atoms with E-state index < -0.39 is 0 Å². The molecule has 0 saturated heterocycles. The summed E-state index contributed by atoms with van der Waals surface area (Å²) < 4.78 is 0. The van der Waals surface area contributed by atoms with E-state index in [4.69, 9.17) is 0 Å². The lowest BCUT2D eigenvalue weighted by molar-refractivity contribution is -0.111. The van der Waals surface area contributed by atoms with E-state index in [1.807, 2.05) is 0 Å². The van der Waals surface area contributed by atoms with Crippen molar-refractivity contribution < 1.29 is 4.79 Å². The van der Waals surface area contributed by atoms with Gasteiger partial charge in [0.2, 0.25) is 6.41 Å². The summed E-state index contributed by atoms with van der Waals surface area (Å²) >= 11 is 0. The smallest absolute Gasteiger partial charge is 0.207 e. The largest absolute Gasteiger partial charge is 0.354 e. The lowest BCUT2D eigenvalue weighted by Gasteiger charge is -2.27. The van der Waals surface area contributed by atoms with Gasteiger partial charge in [-0.3, -0.25) is 4.79 Å². The number of amides is 1. The van der Waals surface area contributed by atoms with Crippen LogP contribution in [0.3, 0.4) is 0 Å². The van der Waals surface area contributed by atoms with Crippen molar-refractivity contribution in [1.82, 2.24) is 5.32 Å². The molecule has 1 amide bonds. The van der Waals surface area contributed by atoms with E-state index >= 15 is 0 Å². The molecular weight excluding hydrogens is 162 g/mol. The number of rotatable bonds is 8. The average Bonchev–Trinajstić information content (AvgIpc) is 2.13. The van der Waals surface area contributed by atoms with Gasteiger partial charge >= 0.3 is 0 Å². The van der Waals surface area contributed by atoms with Gasteiger partial charge in [-0.1, -0.05) is 39.5 Å². The Kier molecular flexibility index (Phi) is 6.65. The number of hydrogen-bond acceptors (Lipinski definition) is 1. The van der Waals surface area contributed by atoms with Gasteiger partial charge in [0.1, 0.15) is 0 Å². The van der Waals surface area contributed by atoms with Crippen LogP contribution in [0.4, 0.5) is 0 Å². The molecule has 78 valence electrons. The monoisotopic (exact) mass is 185 g/mol. The van der Waals surface area contributed by atoms with Gasteiger partial charge in [0, 0.05) is 5.54 Å². The van der Waals surface area contributed by atoms with E-state index in [-0.39, 0.29) is 5.54 Å². The molecule has 2 heteroatoms. The second-order valence-corrected chi connectivity index (χ2v) is 3.99. The highest BCUT2D eigenvalue weighted by atomic mass is 16.1. The van der Waals surface area contributed by atoms with E-state index in [1.54, 1.807) is 0 Å². The molecule has 0 heterocycles. The molecule has 1 unspecified atom stereocenters. The van der Waals surface area contributed by atoms with Gasteiger partial charge in [-0.15, -0.1) is 0 Å². The van der Waals surface area contributed by atoms with Crippen LogP contribution in [0.1, 0.15) is 59.3 Å². The molecule has 0 aliphatic heterocycles. The lowest BCUT2D eigenvalue weighted by atomic mass is 9.92. The number of carbonyl (C=O) groups is 1. The first kappa shape index (κ1) is 12.5. The van der Waals surface area contributed by atoms with E-state index in [9.17, 15) is 4.79 Å². The van der Waals surface area contributed by atoms with E-state index in [1.165, 1.54) is 25.7 Å². The molecule has 13 heavy (non-hydrogen) atoms. The normalized spacial score (nSPS) is 15.0. The summed E-state index contributed by atoms with van der Waals surface area (Å²) in [5, 5.41) is 2.91. The molecule has 0 rings (SSSR count). The van der Waals surface area contributed by atoms with Crippen LogP contribution >= 0.6 is 0 Å². The summed E-state index contributed by atoms with van der Waals surface area (Å²) in [6.07, 6.45) is 8.01. The summed E-state index contributed by atoms with van der Waals surface area (Å²) in [6.45, 7) is 6.45. The van der Waals surface area contributed by atoms with Crippen molar-refractivity contribution in [2.24, 2.45) is 0 Å². The Morgan fingerprint density at radius 1 is 1.23 bits per heavy atom. The van der Waals surface area contributed by atoms with Gasteiger partial charge in [-0.05, 0) is 19.8 Å². The third-order valence-electron chi connectivity index (χ3n) is 2.77. The molecule has 0 aromatic rings. The number of nitrogens with one attached hydrogen (secondary N) is 1. The molecule has 0 saturated carbocycles. The zero-order valence-electron chi connectivity index (χ0n) is 9.23. The Labute approximate surface area is 82.1 Å². The minimum absolute atomic E-state index is 0.0233. The molecule has 0 bridgehead atoms. The van der Waals surface area contributed by atoms with Crippen LogP contribution in [-0.2, 0) is 4.79 Å². The SMILES string of the molecule is CCCCCCC(C)(CC)NC=O. The molecule has 0 aromatic heterocycles. The third-order valence-corrected chi connectivity index (χ3v) is 2.77. The Hall–Kier alpha value is -0.530. The number of unbranched alkanes of at least 4 members (excludes halogenated alkanes) is 3. The van der Waals surface area contributed by atoms with E-state index in [0.29, 0.717) is 0 Å². The molecule has 0 radical (unpaired) electrons. The minimum atomic E-state index is 0.0233. The average molecular weight is 185 g/mol. The predicted molar refractivity (Wildman–Crippen MR) is 56.7 cm³/mol. The van der Waals surface area contributed by atoms with Gasteiger partial charge in [0.05, 0.1) is 0 Å². The van der Waals surface area contributed by atoms with Gasteiger partial charge in [0.15, 0.2) is 0 Å². The fourth-order valence-corrected chi connectivity index (χ4v) is 1.44. The van der Waals surface area contributed by atoms with Gasteiger partial charge in [0.25, 0.3) is 0 Å². The van der Waals surface area contributed by atoms with Crippen molar-refractivity contribution in [2.75, 3.05) is 0 Å². The summed E-state index contributed by atoms with van der Waals surface area (Å²) in [5.41, 5.74) is 0.0233. The van der Waals surface area contributed by atoms with Crippen molar-refractivity contribution in [3.05, 3.63) is 0 Å². The van der Waals surface area contributed by atoms with Gasteiger partial charge in [-0.2, -0.15) is 0 Å². The zero-order valence-corrected chi connectivity index (χ0v) is 9.23. The number of carbonyl (C=O) groups excluding carboxylic acids is 1. The van der Waals surface area contributed by atoms with Crippen LogP contribution in [0.25, 0.3) is 0 Å². The minimum Gasteiger partial charge on any atom is -0.354 e. The highest BCUT2D eigenvalue weighted by Gasteiger charge is 2.19. The van der Waals surface area contributed by atoms with Crippen molar-refractivity contribution in [3.63, 3.8) is 0 Å². The maximum Gasteiger partial charge on any atom is 0.207 e. The summed E-state index contributed by atoms with van der Waals surface area (Å²) in [6, 6.07) is 0. The molecule has 0 aromatic carbocycles. The summed E-state index contributed by atoms with van der Waals surface area (Å²) in [5.74, 6) is 0.